The molecule has 1 aromatic heterocycles. The number of ether oxygens (including phenoxy) is 1. The van der Waals surface area contributed by atoms with Crippen LogP contribution in [0, 0.1) is 0 Å². The number of hydrogen-bond donors (Lipinski definition) is 1. The summed E-state index contributed by atoms with van der Waals surface area (Å²) in [5.41, 5.74) is 2.43. The van der Waals surface area contributed by atoms with Gasteiger partial charge in [-0.2, -0.15) is 5.10 Å². The van der Waals surface area contributed by atoms with Gasteiger partial charge in [0.25, 0.3) is 11.8 Å². The van der Waals surface area contributed by atoms with Crippen LogP contribution < -0.4 is 5.32 Å². The van der Waals surface area contributed by atoms with E-state index in [-0.39, 0.29) is 12.5 Å². The number of esters is 1. The van der Waals surface area contributed by atoms with E-state index in [1.165, 1.54) is 4.90 Å². The minimum absolute atomic E-state index is 0.324. The SMILES string of the molecule is C=C1c2ccccc2C(=O)N1CC(=O)OCC(=O)Nc1ccnn1Cc1ccccc1Cl. The fourth-order valence-corrected chi connectivity index (χ4v) is 3.55. The lowest BCUT2D eigenvalue weighted by molar-refractivity contribution is -0.147. The summed E-state index contributed by atoms with van der Waals surface area (Å²) in [6.07, 6.45) is 1.54. The lowest BCUT2D eigenvalue weighted by Gasteiger charge is -2.16. The van der Waals surface area contributed by atoms with Gasteiger partial charge in [0.2, 0.25) is 0 Å². The second kappa shape index (κ2) is 9.07. The van der Waals surface area contributed by atoms with Crippen LogP contribution in [0.2, 0.25) is 5.02 Å². The van der Waals surface area contributed by atoms with Gasteiger partial charge < -0.3 is 10.1 Å². The third-order valence-electron chi connectivity index (χ3n) is 4.95. The van der Waals surface area contributed by atoms with E-state index >= 15 is 0 Å². The van der Waals surface area contributed by atoms with Gasteiger partial charge in [0.15, 0.2) is 6.61 Å². The zero-order valence-corrected chi connectivity index (χ0v) is 17.7. The largest absolute Gasteiger partial charge is 0.454 e. The Bertz CT molecular complexity index is 1180. The van der Waals surface area contributed by atoms with Gasteiger partial charge in [-0.25, -0.2) is 4.68 Å². The molecule has 0 saturated carbocycles. The van der Waals surface area contributed by atoms with Gasteiger partial charge in [0, 0.05) is 27.9 Å². The number of nitrogens with zero attached hydrogens (tertiary/aromatic N) is 3. The molecule has 0 atom stereocenters. The summed E-state index contributed by atoms with van der Waals surface area (Å²) in [4.78, 5) is 38.2. The Morgan fingerprint density at radius 1 is 1.06 bits per heavy atom. The summed E-state index contributed by atoms with van der Waals surface area (Å²) >= 11 is 6.18. The van der Waals surface area contributed by atoms with Crippen LogP contribution in [0.15, 0.2) is 67.4 Å². The van der Waals surface area contributed by atoms with Crippen molar-refractivity contribution in [3.05, 3.63) is 89.1 Å². The van der Waals surface area contributed by atoms with Crippen molar-refractivity contribution < 1.29 is 19.1 Å². The number of carbonyl (C=O) groups excluding carboxylic acids is 3. The number of fused-ring (bicyclic) bond motifs is 1. The van der Waals surface area contributed by atoms with E-state index in [4.69, 9.17) is 16.3 Å². The summed E-state index contributed by atoms with van der Waals surface area (Å²) in [6, 6.07) is 15.9. The first-order valence-electron chi connectivity index (χ1n) is 9.75. The van der Waals surface area contributed by atoms with Crippen molar-refractivity contribution in [1.29, 1.82) is 0 Å². The summed E-state index contributed by atoms with van der Waals surface area (Å²) in [5, 5.41) is 7.43. The van der Waals surface area contributed by atoms with Crippen LogP contribution in [0.3, 0.4) is 0 Å². The lowest BCUT2D eigenvalue weighted by Crippen LogP contribution is -2.32. The van der Waals surface area contributed by atoms with Crippen LogP contribution in [0.1, 0.15) is 21.5 Å². The lowest BCUT2D eigenvalue weighted by atomic mass is 10.1. The molecule has 1 N–H and O–H groups in total. The summed E-state index contributed by atoms with van der Waals surface area (Å²) in [6.45, 7) is 3.41. The molecule has 2 heterocycles. The fourth-order valence-electron chi connectivity index (χ4n) is 3.35. The van der Waals surface area contributed by atoms with Crippen molar-refractivity contribution in [3.8, 4) is 0 Å². The minimum atomic E-state index is -0.716. The molecule has 1 aliphatic rings. The first-order chi connectivity index (χ1) is 15.4. The number of hydrogen-bond acceptors (Lipinski definition) is 5. The Morgan fingerprint density at radius 3 is 2.53 bits per heavy atom. The Balaban J connectivity index is 1.30. The molecule has 2 aromatic carbocycles. The highest BCUT2D eigenvalue weighted by molar-refractivity contribution is 6.31. The smallest absolute Gasteiger partial charge is 0.326 e. The van der Waals surface area contributed by atoms with Gasteiger partial charge in [-0.3, -0.25) is 19.3 Å². The molecule has 9 heteroatoms. The van der Waals surface area contributed by atoms with Gasteiger partial charge in [-0.05, 0) is 17.7 Å². The minimum Gasteiger partial charge on any atom is -0.454 e. The van der Waals surface area contributed by atoms with E-state index in [1.807, 2.05) is 18.2 Å². The third-order valence-corrected chi connectivity index (χ3v) is 5.32. The van der Waals surface area contributed by atoms with E-state index < -0.39 is 18.5 Å². The number of benzene rings is 2. The Morgan fingerprint density at radius 2 is 1.78 bits per heavy atom. The zero-order valence-electron chi connectivity index (χ0n) is 17.0. The number of halogens is 1. The van der Waals surface area contributed by atoms with E-state index in [0.717, 1.165) is 5.56 Å². The number of nitrogens with one attached hydrogen (secondary N) is 1. The van der Waals surface area contributed by atoms with E-state index in [0.29, 0.717) is 34.2 Å². The van der Waals surface area contributed by atoms with Crippen molar-refractivity contribution in [1.82, 2.24) is 14.7 Å². The van der Waals surface area contributed by atoms with Crippen molar-refractivity contribution in [2.24, 2.45) is 0 Å². The van der Waals surface area contributed by atoms with E-state index in [9.17, 15) is 14.4 Å². The van der Waals surface area contributed by atoms with Crippen LogP contribution in [-0.4, -0.2) is 45.6 Å². The van der Waals surface area contributed by atoms with Crippen molar-refractivity contribution in [3.63, 3.8) is 0 Å². The molecule has 2 amide bonds. The van der Waals surface area contributed by atoms with Crippen LogP contribution in [0.5, 0.6) is 0 Å². The number of rotatable bonds is 7. The quantitative estimate of drug-likeness (QED) is 0.558. The molecule has 8 nitrogen and oxygen atoms in total. The van der Waals surface area contributed by atoms with E-state index in [1.54, 1.807) is 47.3 Å². The third kappa shape index (κ3) is 4.40. The second-order valence-electron chi connectivity index (χ2n) is 7.06. The maximum absolute atomic E-state index is 12.5. The maximum Gasteiger partial charge on any atom is 0.326 e. The summed E-state index contributed by atoms with van der Waals surface area (Å²) < 4.78 is 6.62. The highest BCUT2D eigenvalue weighted by atomic mass is 35.5. The molecule has 1 aliphatic heterocycles. The molecule has 32 heavy (non-hydrogen) atoms. The van der Waals surface area contributed by atoms with E-state index in [2.05, 4.69) is 17.0 Å². The molecule has 0 aliphatic carbocycles. The number of anilines is 1. The highest BCUT2D eigenvalue weighted by Gasteiger charge is 2.32. The Hall–Kier alpha value is -3.91. The molecule has 0 bridgehead atoms. The number of carbonyl (C=O) groups is 3. The zero-order chi connectivity index (χ0) is 22.7. The van der Waals surface area contributed by atoms with Crippen LogP contribution in [0.25, 0.3) is 5.70 Å². The second-order valence-corrected chi connectivity index (χ2v) is 7.47. The number of aromatic nitrogens is 2. The first-order valence-corrected chi connectivity index (χ1v) is 10.1. The predicted molar refractivity (Wildman–Crippen MR) is 119 cm³/mol. The van der Waals surface area contributed by atoms with Gasteiger partial charge in [-0.1, -0.05) is 54.6 Å². The molecule has 0 radical (unpaired) electrons. The van der Waals surface area contributed by atoms with Gasteiger partial charge in [0.05, 0.1) is 12.7 Å². The predicted octanol–water partition coefficient (Wildman–Crippen LogP) is 3.19. The molecule has 4 rings (SSSR count). The maximum atomic E-state index is 12.5. The van der Waals surface area contributed by atoms with Crippen molar-refractivity contribution >= 4 is 40.9 Å². The Kier molecular flexibility index (Phi) is 6.04. The first kappa shape index (κ1) is 21.3. The average molecular weight is 451 g/mol. The normalized spacial score (nSPS) is 12.6. The van der Waals surface area contributed by atoms with Crippen molar-refractivity contribution in [2.75, 3.05) is 18.5 Å². The molecule has 0 spiro atoms. The molecule has 3 aromatic rings. The fraction of sp³-hybridized carbons (Fsp3) is 0.130. The molecule has 0 saturated heterocycles. The van der Waals surface area contributed by atoms with Gasteiger partial charge in [0.1, 0.15) is 12.4 Å². The monoisotopic (exact) mass is 450 g/mol. The molecular weight excluding hydrogens is 432 g/mol. The Labute approximate surface area is 189 Å². The molecule has 162 valence electrons. The van der Waals surface area contributed by atoms with Crippen LogP contribution in [-0.2, 0) is 20.9 Å². The van der Waals surface area contributed by atoms with Crippen LogP contribution >= 0.6 is 11.6 Å². The molecule has 0 fully saturated rings. The van der Waals surface area contributed by atoms with Crippen molar-refractivity contribution in [2.45, 2.75) is 6.54 Å². The summed E-state index contributed by atoms with van der Waals surface area (Å²) in [7, 11) is 0. The highest BCUT2D eigenvalue weighted by Crippen LogP contribution is 2.30. The molecule has 0 unspecified atom stereocenters. The van der Waals surface area contributed by atoms with Gasteiger partial charge >= 0.3 is 5.97 Å². The van der Waals surface area contributed by atoms with Gasteiger partial charge in [-0.15, -0.1) is 0 Å². The van der Waals surface area contributed by atoms with Crippen LogP contribution in [0.4, 0.5) is 5.82 Å². The molecular formula is C23H19ClN4O4. The standard InChI is InChI=1S/C23H19ClN4O4/c1-15-17-7-3-4-8-18(17)23(31)27(15)13-22(30)32-14-21(29)26-20-10-11-25-28(20)12-16-6-2-5-9-19(16)24/h2-11H,1,12-14H2,(H,26,29). The number of amides is 2. The average Bonchev–Trinajstić information content (AvgIpc) is 3.32. The topological polar surface area (TPSA) is 93.5 Å². The summed E-state index contributed by atoms with van der Waals surface area (Å²) in [5.74, 6) is -1.14.